The van der Waals surface area contributed by atoms with E-state index in [9.17, 15) is 4.79 Å². The molecule has 9 heteroatoms. The summed E-state index contributed by atoms with van der Waals surface area (Å²) in [6.45, 7) is 4.08. The van der Waals surface area contributed by atoms with Crippen molar-refractivity contribution in [3.63, 3.8) is 0 Å². The Morgan fingerprint density at radius 2 is 1.92 bits per heavy atom. The number of nitrogens with zero attached hydrogens (tertiary/aromatic N) is 5. The maximum Gasteiger partial charge on any atom is 0.254 e. The van der Waals surface area contributed by atoms with E-state index >= 15 is 0 Å². The molecule has 0 bridgehead atoms. The van der Waals surface area contributed by atoms with E-state index in [-0.39, 0.29) is 19.1 Å². The molecule has 0 aliphatic carbocycles. The van der Waals surface area contributed by atoms with Crippen molar-refractivity contribution < 1.29 is 19.4 Å². The lowest BCUT2D eigenvalue weighted by molar-refractivity contribution is -0.140. The number of piperidine rings is 1. The van der Waals surface area contributed by atoms with Crippen molar-refractivity contribution in [2.24, 2.45) is 10.1 Å². The molecule has 2 aromatic rings. The first kappa shape index (κ1) is 25.5. The van der Waals surface area contributed by atoms with Gasteiger partial charge in [0.2, 0.25) is 5.90 Å². The van der Waals surface area contributed by atoms with Gasteiger partial charge in [-0.1, -0.05) is 29.4 Å². The van der Waals surface area contributed by atoms with Gasteiger partial charge in [-0.05, 0) is 67.1 Å². The van der Waals surface area contributed by atoms with Gasteiger partial charge in [-0.25, -0.2) is 4.99 Å². The van der Waals surface area contributed by atoms with Crippen molar-refractivity contribution in [1.82, 2.24) is 4.90 Å². The number of aliphatic imine (C=N–C) groups is 1. The number of carbonyl (C=O) groups excluding carboxylic acids is 1. The van der Waals surface area contributed by atoms with Gasteiger partial charge in [0.1, 0.15) is 11.9 Å². The Bertz CT molecular complexity index is 1120. The van der Waals surface area contributed by atoms with Gasteiger partial charge < -0.3 is 19.5 Å². The molecule has 0 unspecified atom stereocenters. The predicted octanol–water partition coefficient (Wildman–Crippen LogP) is 4.42. The van der Waals surface area contributed by atoms with Gasteiger partial charge in [-0.3, -0.25) is 4.79 Å². The number of aliphatic hydroxyl groups is 1. The van der Waals surface area contributed by atoms with E-state index in [2.05, 4.69) is 10.0 Å². The second-order valence-electron chi connectivity index (χ2n) is 9.24. The maximum atomic E-state index is 14.1. The number of hydrogen-bond acceptors (Lipinski definition) is 6. The van der Waals surface area contributed by atoms with Crippen molar-refractivity contribution in [3.8, 4) is 5.75 Å². The molecule has 1 fully saturated rings. The zero-order valence-electron chi connectivity index (χ0n) is 20.7. The van der Waals surface area contributed by atoms with E-state index < -0.39 is 11.6 Å². The highest BCUT2D eigenvalue weighted by atomic mass is 16.5. The number of azide groups is 1. The second kappa shape index (κ2) is 11.9. The van der Waals surface area contributed by atoms with Crippen molar-refractivity contribution in [1.29, 1.82) is 0 Å². The normalized spacial score (nSPS) is 21.3. The number of benzene rings is 2. The fraction of sp³-hybridized carbons (Fsp3) is 0.481. The lowest BCUT2D eigenvalue weighted by atomic mass is 9.83. The number of ether oxygens (including phenoxy) is 2. The Morgan fingerprint density at radius 3 is 2.61 bits per heavy atom. The highest BCUT2D eigenvalue weighted by Crippen LogP contribution is 2.36. The van der Waals surface area contributed by atoms with Crippen LogP contribution >= 0.6 is 0 Å². The van der Waals surface area contributed by atoms with E-state index in [1.807, 2.05) is 60.4 Å². The van der Waals surface area contributed by atoms with Gasteiger partial charge in [-0.2, -0.15) is 0 Å². The van der Waals surface area contributed by atoms with Gasteiger partial charge in [0.05, 0.1) is 13.2 Å². The number of likely N-dealkylation sites (tertiary alicyclic amines) is 1. The number of rotatable bonds is 10. The summed E-state index contributed by atoms with van der Waals surface area (Å²) >= 11 is 0. The maximum absolute atomic E-state index is 14.1. The molecule has 190 valence electrons. The Labute approximate surface area is 211 Å². The van der Waals surface area contributed by atoms with Crippen LogP contribution in [0.3, 0.4) is 0 Å². The summed E-state index contributed by atoms with van der Waals surface area (Å²) in [7, 11) is 0. The molecular formula is C27H33N5O4. The van der Waals surface area contributed by atoms with Crippen LogP contribution in [-0.2, 0) is 22.5 Å². The lowest BCUT2D eigenvalue weighted by Gasteiger charge is -2.36. The molecule has 0 aromatic heterocycles. The molecule has 1 saturated heterocycles. The minimum absolute atomic E-state index is 0.0211. The fourth-order valence-corrected chi connectivity index (χ4v) is 4.78. The van der Waals surface area contributed by atoms with Crippen LogP contribution in [0, 0.1) is 0 Å². The monoisotopic (exact) mass is 491 g/mol. The van der Waals surface area contributed by atoms with Gasteiger partial charge >= 0.3 is 0 Å². The van der Waals surface area contributed by atoms with E-state index in [1.165, 1.54) is 0 Å². The van der Waals surface area contributed by atoms with E-state index in [0.717, 1.165) is 49.0 Å². The number of carbonyl (C=O) groups is 1. The predicted molar refractivity (Wildman–Crippen MR) is 137 cm³/mol. The van der Waals surface area contributed by atoms with Crippen LogP contribution in [-0.4, -0.2) is 59.8 Å². The van der Waals surface area contributed by atoms with Crippen LogP contribution < -0.4 is 4.74 Å². The largest absolute Gasteiger partial charge is 0.494 e. The first-order valence-corrected chi connectivity index (χ1v) is 12.5. The minimum Gasteiger partial charge on any atom is -0.494 e. The molecule has 2 aliphatic heterocycles. The van der Waals surface area contributed by atoms with Crippen molar-refractivity contribution in [3.05, 3.63) is 75.7 Å². The summed E-state index contributed by atoms with van der Waals surface area (Å²) < 4.78 is 11.9. The van der Waals surface area contributed by atoms with E-state index in [4.69, 9.17) is 25.1 Å². The van der Waals surface area contributed by atoms with Gasteiger partial charge in [0.15, 0.2) is 5.54 Å². The average Bonchev–Trinajstić information content (AvgIpc) is 3.25. The molecule has 2 aliphatic rings. The third kappa shape index (κ3) is 5.64. The standard InChI is InChI=1S/C27H33N5O4/c1-20-27(26(34)32-14-5-2-6-15-32,18-22-8-3-4-9-23(22)19-29-31-28)30-25(36-20)21-10-12-24(13-11-21)35-17-7-16-33/h3-4,8-13,20,33H,2,5-7,14-19H2,1H3/t20-,27-/m1/s1. The van der Waals surface area contributed by atoms with Crippen LogP contribution in [0.15, 0.2) is 58.6 Å². The van der Waals surface area contributed by atoms with Gasteiger partial charge in [0, 0.05) is 43.0 Å². The molecule has 9 nitrogen and oxygen atoms in total. The zero-order chi connectivity index (χ0) is 25.4. The quantitative estimate of drug-likeness (QED) is 0.229. The molecule has 0 spiro atoms. The molecule has 0 radical (unpaired) electrons. The van der Waals surface area contributed by atoms with Crippen LogP contribution in [0.4, 0.5) is 0 Å². The number of aliphatic hydroxyl groups excluding tert-OH is 1. The lowest BCUT2D eigenvalue weighted by Crippen LogP contribution is -2.55. The third-order valence-corrected chi connectivity index (χ3v) is 6.83. The van der Waals surface area contributed by atoms with Crippen molar-refractivity contribution >= 4 is 11.8 Å². The molecule has 4 rings (SSSR count). The molecular weight excluding hydrogens is 458 g/mol. The van der Waals surface area contributed by atoms with Crippen molar-refractivity contribution in [2.45, 2.75) is 57.2 Å². The fourth-order valence-electron chi connectivity index (χ4n) is 4.78. The first-order chi connectivity index (χ1) is 17.6. The van der Waals surface area contributed by atoms with Crippen LogP contribution in [0.5, 0.6) is 5.75 Å². The van der Waals surface area contributed by atoms with Crippen molar-refractivity contribution in [2.75, 3.05) is 26.3 Å². The highest BCUT2D eigenvalue weighted by Gasteiger charge is 2.52. The summed E-state index contributed by atoms with van der Waals surface area (Å²) in [6, 6.07) is 15.1. The molecule has 2 aromatic carbocycles. The van der Waals surface area contributed by atoms with E-state index in [0.29, 0.717) is 31.1 Å². The molecule has 0 saturated carbocycles. The Balaban J connectivity index is 1.68. The van der Waals surface area contributed by atoms with Crippen LogP contribution in [0.2, 0.25) is 0 Å². The minimum atomic E-state index is -1.12. The van der Waals surface area contributed by atoms with Crippen LogP contribution in [0.1, 0.15) is 49.3 Å². The molecule has 1 N–H and O–H groups in total. The topological polar surface area (TPSA) is 120 Å². The summed E-state index contributed by atoms with van der Waals surface area (Å²) in [4.78, 5) is 23.9. The highest BCUT2D eigenvalue weighted by molar-refractivity contribution is 6.01. The van der Waals surface area contributed by atoms with Crippen LogP contribution in [0.25, 0.3) is 10.4 Å². The molecule has 36 heavy (non-hydrogen) atoms. The smallest absolute Gasteiger partial charge is 0.254 e. The number of hydrogen-bond donors (Lipinski definition) is 1. The first-order valence-electron chi connectivity index (χ1n) is 12.5. The van der Waals surface area contributed by atoms with Gasteiger partial charge in [0.25, 0.3) is 5.91 Å². The summed E-state index contributed by atoms with van der Waals surface area (Å²) in [5.41, 5.74) is 10.3. The Hall–Kier alpha value is -3.55. The Morgan fingerprint density at radius 1 is 1.19 bits per heavy atom. The molecule has 1 amide bonds. The summed E-state index contributed by atoms with van der Waals surface area (Å²) in [5.74, 6) is 1.11. The molecule has 2 heterocycles. The van der Waals surface area contributed by atoms with Gasteiger partial charge in [-0.15, -0.1) is 0 Å². The summed E-state index contributed by atoms with van der Waals surface area (Å²) in [6.07, 6.45) is 3.54. The number of amides is 1. The van der Waals surface area contributed by atoms with E-state index in [1.54, 1.807) is 0 Å². The molecule has 2 atom stereocenters. The summed E-state index contributed by atoms with van der Waals surface area (Å²) in [5, 5.41) is 12.7. The Kier molecular flexibility index (Phi) is 8.46. The second-order valence-corrected chi connectivity index (χ2v) is 9.24. The average molecular weight is 492 g/mol. The zero-order valence-corrected chi connectivity index (χ0v) is 20.7. The SMILES string of the molecule is C[C@H]1OC(c2ccc(OCCCO)cc2)=N[C@@]1(Cc1ccccc1CN=[N+]=[N-])C(=O)N1CCCCC1. The third-order valence-electron chi connectivity index (χ3n) is 6.83.